The molecule has 0 saturated heterocycles. The maximum absolute atomic E-state index is 12.4. The van der Waals surface area contributed by atoms with Gasteiger partial charge in [0.15, 0.2) is 0 Å². The van der Waals surface area contributed by atoms with Crippen LogP contribution in [0.15, 0.2) is 42.5 Å². The highest BCUT2D eigenvalue weighted by molar-refractivity contribution is 6.05. The lowest BCUT2D eigenvalue weighted by Crippen LogP contribution is -2.14. The zero-order valence-electron chi connectivity index (χ0n) is 13.5. The summed E-state index contributed by atoms with van der Waals surface area (Å²) in [6.45, 7) is 3.68. The summed E-state index contributed by atoms with van der Waals surface area (Å²) in [5.74, 6) is 0.322. The van der Waals surface area contributed by atoms with Crippen molar-refractivity contribution in [1.82, 2.24) is 0 Å². The van der Waals surface area contributed by atoms with Gasteiger partial charge in [-0.2, -0.15) is 0 Å². The van der Waals surface area contributed by atoms with Gasteiger partial charge in [-0.1, -0.05) is 19.1 Å². The van der Waals surface area contributed by atoms with E-state index in [1.54, 1.807) is 44.4 Å². The summed E-state index contributed by atoms with van der Waals surface area (Å²) in [5, 5.41) is 5.64. The summed E-state index contributed by atoms with van der Waals surface area (Å²) in [6, 6.07) is 12.3. The molecule has 0 aliphatic heterocycles. The van der Waals surface area contributed by atoms with Crippen LogP contribution in [0.1, 0.15) is 29.3 Å². The molecule has 5 nitrogen and oxygen atoms in total. The Morgan fingerprint density at radius 3 is 2.57 bits per heavy atom. The van der Waals surface area contributed by atoms with Crippen molar-refractivity contribution < 1.29 is 14.3 Å². The molecular weight excluding hydrogens is 292 g/mol. The first-order valence-electron chi connectivity index (χ1n) is 7.39. The van der Waals surface area contributed by atoms with Crippen molar-refractivity contribution in [3.8, 4) is 5.75 Å². The summed E-state index contributed by atoms with van der Waals surface area (Å²) in [7, 11) is 1.56. The van der Waals surface area contributed by atoms with Crippen molar-refractivity contribution in [1.29, 1.82) is 0 Å². The first-order valence-corrected chi connectivity index (χ1v) is 7.39. The molecule has 120 valence electrons. The molecule has 0 bridgehead atoms. The first kappa shape index (κ1) is 16.5. The largest absolute Gasteiger partial charge is 0.497 e. The monoisotopic (exact) mass is 312 g/mol. The van der Waals surface area contributed by atoms with Gasteiger partial charge in [-0.25, -0.2) is 0 Å². The van der Waals surface area contributed by atoms with Crippen LogP contribution in [0.2, 0.25) is 0 Å². The fourth-order valence-corrected chi connectivity index (χ4v) is 2.04. The highest BCUT2D eigenvalue weighted by Crippen LogP contribution is 2.22. The van der Waals surface area contributed by atoms with Crippen molar-refractivity contribution >= 4 is 23.2 Å². The molecule has 0 radical (unpaired) electrons. The smallest absolute Gasteiger partial charge is 0.255 e. The van der Waals surface area contributed by atoms with E-state index in [1.807, 2.05) is 19.1 Å². The summed E-state index contributed by atoms with van der Waals surface area (Å²) < 4.78 is 5.13. The predicted molar refractivity (Wildman–Crippen MR) is 91.0 cm³/mol. The Morgan fingerprint density at radius 1 is 1.09 bits per heavy atom. The van der Waals surface area contributed by atoms with Crippen LogP contribution >= 0.6 is 0 Å². The van der Waals surface area contributed by atoms with Crippen LogP contribution in [0.5, 0.6) is 5.75 Å². The number of carbonyl (C=O) groups is 2. The molecule has 0 aromatic heterocycles. The highest BCUT2D eigenvalue weighted by Gasteiger charge is 2.10. The van der Waals surface area contributed by atoms with Gasteiger partial charge in [0, 0.05) is 23.4 Å². The van der Waals surface area contributed by atoms with Crippen LogP contribution in [0, 0.1) is 6.92 Å². The molecule has 0 unspecified atom stereocenters. The quantitative estimate of drug-likeness (QED) is 0.886. The molecule has 0 spiro atoms. The molecule has 2 N–H and O–H groups in total. The zero-order chi connectivity index (χ0) is 16.8. The molecule has 23 heavy (non-hydrogen) atoms. The van der Waals surface area contributed by atoms with Crippen LogP contribution in [0.25, 0.3) is 0 Å². The Labute approximate surface area is 135 Å². The average Bonchev–Trinajstić information content (AvgIpc) is 2.57. The van der Waals surface area contributed by atoms with Gasteiger partial charge in [0.25, 0.3) is 5.91 Å². The number of benzene rings is 2. The van der Waals surface area contributed by atoms with Crippen molar-refractivity contribution in [3.63, 3.8) is 0 Å². The van der Waals surface area contributed by atoms with Gasteiger partial charge in [0.1, 0.15) is 5.75 Å². The van der Waals surface area contributed by atoms with E-state index in [-0.39, 0.29) is 11.8 Å². The topological polar surface area (TPSA) is 67.4 Å². The molecule has 2 rings (SSSR count). The predicted octanol–water partition coefficient (Wildman–Crippen LogP) is 3.60. The van der Waals surface area contributed by atoms with E-state index in [4.69, 9.17) is 4.74 Å². The molecular formula is C18H20N2O3. The Hall–Kier alpha value is -2.82. The van der Waals surface area contributed by atoms with E-state index in [0.717, 1.165) is 5.56 Å². The second-order valence-electron chi connectivity index (χ2n) is 5.12. The van der Waals surface area contributed by atoms with Crippen molar-refractivity contribution in [2.24, 2.45) is 0 Å². The number of aryl methyl sites for hydroxylation is 1. The maximum Gasteiger partial charge on any atom is 0.255 e. The van der Waals surface area contributed by atoms with Crippen molar-refractivity contribution in [2.45, 2.75) is 20.3 Å². The first-order chi connectivity index (χ1) is 11.0. The summed E-state index contributed by atoms with van der Waals surface area (Å²) >= 11 is 0. The van der Waals surface area contributed by atoms with E-state index in [1.165, 1.54) is 0 Å². The third-order valence-corrected chi connectivity index (χ3v) is 3.42. The van der Waals surface area contributed by atoms with E-state index in [0.29, 0.717) is 29.1 Å². The summed E-state index contributed by atoms with van der Waals surface area (Å²) in [4.78, 5) is 23.8. The molecule has 2 aromatic rings. The van der Waals surface area contributed by atoms with Gasteiger partial charge in [0.2, 0.25) is 5.91 Å². The molecule has 0 aliphatic carbocycles. The summed E-state index contributed by atoms with van der Waals surface area (Å²) in [5.41, 5.74) is 2.73. The van der Waals surface area contributed by atoms with Gasteiger partial charge in [0.05, 0.1) is 7.11 Å². The Balaban J connectivity index is 2.19. The number of methoxy groups -OCH3 is 1. The Morgan fingerprint density at radius 2 is 1.87 bits per heavy atom. The van der Waals surface area contributed by atoms with E-state index in [9.17, 15) is 9.59 Å². The third-order valence-electron chi connectivity index (χ3n) is 3.42. The Kier molecular flexibility index (Phi) is 5.36. The van der Waals surface area contributed by atoms with E-state index >= 15 is 0 Å². The minimum atomic E-state index is -0.231. The number of carbonyl (C=O) groups excluding carboxylic acids is 2. The number of hydrogen-bond donors (Lipinski definition) is 2. The van der Waals surface area contributed by atoms with Gasteiger partial charge >= 0.3 is 0 Å². The van der Waals surface area contributed by atoms with Crippen LogP contribution in [-0.2, 0) is 4.79 Å². The minimum Gasteiger partial charge on any atom is -0.497 e. The van der Waals surface area contributed by atoms with Crippen molar-refractivity contribution in [3.05, 3.63) is 53.6 Å². The second-order valence-corrected chi connectivity index (χ2v) is 5.12. The molecule has 0 heterocycles. The molecule has 2 aromatic carbocycles. The lowest BCUT2D eigenvalue weighted by atomic mass is 10.1. The molecule has 5 heteroatoms. The second kappa shape index (κ2) is 7.45. The molecule has 0 aliphatic rings. The average molecular weight is 312 g/mol. The number of anilines is 2. The molecule has 0 saturated carbocycles. The van der Waals surface area contributed by atoms with E-state index < -0.39 is 0 Å². The number of rotatable bonds is 5. The van der Waals surface area contributed by atoms with Gasteiger partial charge in [-0.3, -0.25) is 9.59 Å². The zero-order valence-corrected chi connectivity index (χ0v) is 13.5. The van der Waals surface area contributed by atoms with Gasteiger partial charge in [-0.05, 0) is 42.8 Å². The van der Waals surface area contributed by atoms with E-state index in [2.05, 4.69) is 10.6 Å². The third kappa shape index (κ3) is 4.32. The number of ether oxygens (including phenoxy) is 1. The van der Waals surface area contributed by atoms with Crippen LogP contribution in [0.4, 0.5) is 11.4 Å². The lowest BCUT2D eigenvalue weighted by molar-refractivity contribution is -0.115. The minimum absolute atomic E-state index is 0.0704. The lowest BCUT2D eigenvalue weighted by Gasteiger charge is -2.12. The fourth-order valence-electron chi connectivity index (χ4n) is 2.04. The fraction of sp³-hybridized carbons (Fsp3) is 0.222. The molecule has 0 atom stereocenters. The van der Waals surface area contributed by atoms with Crippen LogP contribution < -0.4 is 15.4 Å². The highest BCUT2D eigenvalue weighted by atomic mass is 16.5. The number of amides is 2. The van der Waals surface area contributed by atoms with Crippen LogP contribution in [-0.4, -0.2) is 18.9 Å². The normalized spacial score (nSPS) is 10.0. The molecule has 2 amide bonds. The van der Waals surface area contributed by atoms with Gasteiger partial charge < -0.3 is 15.4 Å². The number of nitrogens with one attached hydrogen (secondary N) is 2. The number of hydrogen-bond acceptors (Lipinski definition) is 3. The summed E-state index contributed by atoms with van der Waals surface area (Å²) in [6.07, 6.45) is 0.402. The SMILES string of the molecule is CCC(=O)Nc1ccc(C)c(NC(=O)c2cccc(OC)c2)c1. The maximum atomic E-state index is 12.4. The van der Waals surface area contributed by atoms with Gasteiger partial charge in [-0.15, -0.1) is 0 Å². The van der Waals surface area contributed by atoms with Crippen molar-refractivity contribution in [2.75, 3.05) is 17.7 Å². The standard InChI is InChI=1S/C18H20N2O3/c1-4-17(21)19-14-9-8-12(2)16(11-14)20-18(22)13-6-5-7-15(10-13)23-3/h5-11H,4H2,1-3H3,(H,19,21)(H,20,22). The molecule has 0 fully saturated rings. The Bertz CT molecular complexity index is 726. The van der Waals surface area contributed by atoms with Crippen LogP contribution in [0.3, 0.4) is 0 Å².